The molecule has 1 amide bonds. The van der Waals surface area contributed by atoms with Crippen LogP contribution in [0.5, 0.6) is 0 Å². The van der Waals surface area contributed by atoms with Crippen LogP contribution < -0.4 is 5.32 Å². The van der Waals surface area contributed by atoms with Crippen LogP contribution in [-0.2, 0) is 9.22 Å². The molecule has 1 saturated heterocycles. The molecule has 19 heavy (non-hydrogen) atoms. The third-order valence-corrected chi connectivity index (χ3v) is 8.99. The van der Waals surface area contributed by atoms with Gasteiger partial charge >= 0.3 is 0 Å². The lowest BCUT2D eigenvalue weighted by molar-refractivity contribution is -0.138. The lowest BCUT2D eigenvalue weighted by Gasteiger charge is -2.45. The lowest BCUT2D eigenvalue weighted by Crippen LogP contribution is -2.64. The number of rotatable bonds is 5. The van der Waals surface area contributed by atoms with Crippen LogP contribution in [0.3, 0.4) is 0 Å². The van der Waals surface area contributed by atoms with Gasteiger partial charge in [0.25, 0.3) is 0 Å². The number of hydrogen-bond acceptors (Lipinski definition) is 2. The van der Waals surface area contributed by atoms with Gasteiger partial charge in [0.2, 0.25) is 5.91 Å². The molecule has 0 aromatic heterocycles. The highest BCUT2D eigenvalue weighted by Gasteiger charge is 2.47. The lowest BCUT2D eigenvalue weighted by atomic mass is 9.82. The molecular formula is C15H27NO2Si. The van der Waals surface area contributed by atoms with E-state index >= 15 is 0 Å². The Kier molecular flexibility index (Phi) is 4.47. The minimum atomic E-state index is -1.85. The van der Waals surface area contributed by atoms with Crippen molar-refractivity contribution >= 4 is 14.2 Å². The predicted octanol–water partition coefficient (Wildman–Crippen LogP) is 3.25. The van der Waals surface area contributed by atoms with Gasteiger partial charge in [0.05, 0.1) is 18.1 Å². The zero-order valence-electron chi connectivity index (χ0n) is 13.0. The summed E-state index contributed by atoms with van der Waals surface area (Å²) in [5, 5.41) is 3.02. The highest BCUT2D eigenvalue weighted by atomic mass is 28.4. The van der Waals surface area contributed by atoms with Crippen LogP contribution in [0, 0.1) is 5.92 Å². The number of amides is 1. The third-order valence-electron chi connectivity index (χ3n) is 4.41. The normalized spacial score (nSPS) is 25.3. The molecule has 0 spiro atoms. The van der Waals surface area contributed by atoms with Gasteiger partial charge in [0.1, 0.15) is 0 Å². The molecule has 1 rings (SSSR count). The molecule has 0 aromatic carbocycles. The second-order valence-electron chi connectivity index (χ2n) is 6.87. The van der Waals surface area contributed by atoms with E-state index in [1.807, 2.05) is 6.92 Å². The third kappa shape index (κ3) is 3.18. The monoisotopic (exact) mass is 281 g/mol. The summed E-state index contributed by atoms with van der Waals surface area (Å²) in [5.74, 6) is -0.0844. The topological polar surface area (TPSA) is 38.3 Å². The average Bonchev–Trinajstić information content (AvgIpc) is 2.22. The second kappa shape index (κ2) is 5.25. The van der Waals surface area contributed by atoms with Crippen molar-refractivity contribution in [1.29, 1.82) is 0 Å². The van der Waals surface area contributed by atoms with E-state index in [1.54, 1.807) is 6.08 Å². The highest BCUT2D eigenvalue weighted by Crippen LogP contribution is 2.39. The number of carbonyl (C=O) groups excluding carboxylic acids is 1. The first kappa shape index (κ1) is 16.2. The van der Waals surface area contributed by atoms with Gasteiger partial charge in [-0.15, -0.1) is 0 Å². The molecule has 3 nitrogen and oxygen atoms in total. The Morgan fingerprint density at radius 1 is 1.47 bits per heavy atom. The van der Waals surface area contributed by atoms with Gasteiger partial charge in [-0.3, -0.25) is 4.79 Å². The first-order valence-corrected chi connectivity index (χ1v) is 9.71. The van der Waals surface area contributed by atoms with Crippen molar-refractivity contribution in [3.8, 4) is 0 Å². The predicted molar refractivity (Wildman–Crippen MR) is 82.5 cm³/mol. The first-order valence-electron chi connectivity index (χ1n) is 6.80. The smallest absolute Gasteiger partial charge is 0.228 e. The average molecular weight is 281 g/mol. The zero-order chi connectivity index (χ0) is 15.0. The Labute approximate surface area is 118 Å². The van der Waals surface area contributed by atoms with E-state index in [4.69, 9.17) is 4.43 Å². The molecule has 0 radical (unpaired) electrons. The summed E-state index contributed by atoms with van der Waals surface area (Å²) in [5.41, 5.74) is 0.857. The van der Waals surface area contributed by atoms with Crippen LogP contribution in [0.15, 0.2) is 24.8 Å². The summed E-state index contributed by atoms with van der Waals surface area (Å²) in [6, 6.07) is -0.0234. The molecule has 3 unspecified atom stereocenters. The molecule has 3 atom stereocenters. The van der Waals surface area contributed by atoms with Gasteiger partial charge < -0.3 is 9.74 Å². The van der Waals surface area contributed by atoms with Crippen molar-refractivity contribution in [2.24, 2.45) is 5.92 Å². The molecule has 0 saturated carbocycles. The fourth-order valence-corrected chi connectivity index (χ4v) is 3.47. The van der Waals surface area contributed by atoms with E-state index in [9.17, 15) is 4.79 Å². The molecule has 108 valence electrons. The summed E-state index contributed by atoms with van der Waals surface area (Å²) >= 11 is 0. The highest BCUT2D eigenvalue weighted by molar-refractivity contribution is 6.74. The number of nitrogens with one attached hydrogen (secondary N) is 1. The van der Waals surface area contributed by atoms with Gasteiger partial charge in [0.15, 0.2) is 8.32 Å². The van der Waals surface area contributed by atoms with Crippen LogP contribution in [-0.4, -0.2) is 26.4 Å². The van der Waals surface area contributed by atoms with Gasteiger partial charge in [-0.1, -0.05) is 40.0 Å². The largest absolute Gasteiger partial charge is 0.413 e. The summed E-state index contributed by atoms with van der Waals surface area (Å²) in [6.07, 6.45) is 1.62. The van der Waals surface area contributed by atoms with Crippen molar-refractivity contribution in [3.05, 3.63) is 24.8 Å². The molecule has 1 heterocycles. The van der Waals surface area contributed by atoms with E-state index in [-0.39, 0.29) is 29.0 Å². The maximum atomic E-state index is 11.8. The Hall–Kier alpha value is -0.873. The van der Waals surface area contributed by atoms with E-state index in [0.717, 1.165) is 5.57 Å². The molecule has 1 N–H and O–H groups in total. The Morgan fingerprint density at radius 2 is 2.00 bits per heavy atom. The van der Waals surface area contributed by atoms with E-state index < -0.39 is 8.32 Å². The fraction of sp³-hybridized carbons (Fsp3) is 0.667. The molecule has 0 aromatic rings. The Balaban J connectivity index is 2.78. The van der Waals surface area contributed by atoms with Gasteiger partial charge in [-0.2, -0.15) is 0 Å². The standard InChI is InChI=1S/C15H27NO2Si/c1-9-10(2)13-12(14(17)16-13)11(3)18-19(7,8)15(4,5)6/h9,11-13H,1-2H2,3-8H3,(H,16,17). The van der Waals surface area contributed by atoms with Crippen molar-refractivity contribution < 1.29 is 9.22 Å². The minimum Gasteiger partial charge on any atom is -0.413 e. The summed E-state index contributed by atoms with van der Waals surface area (Å²) in [7, 11) is -1.85. The van der Waals surface area contributed by atoms with Crippen molar-refractivity contribution in [1.82, 2.24) is 5.32 Å². The molecule has 0 bridgehead atoms. The van der Waals surface area contributed by atoms with Crippen molar-refractivity contribution in [3.63, 3.8) is 0 Å². The molecule has 0 aliphatic carbocycles. The van der Waals surface area contributed by atoms with Gasteiger partial charge in [0, 0.05) is 0 Å². The number of hydrogen-bond donors (Lipinski definition) is 1. The summed E-state index contributed by atoms with van der Waals surface area (Å²) in [4.78, 5) is 11.8. The van der Waals surface area contributed by atoms with Crippen molar-refractivity contribution in [2.75, 3.05) is 0 Å². The molecule has 1 aliphatic heterocycles. The summed E-state index contributed by atoms with van der Waals surface area (Å²) < 4.78 is 6.30. The number of β-lactam (4-membered cyclic amide) rings is 1. The fourth-order valence-electron chi connectivity index (χ4n) is 2.04. The number of carbonyl (C=O) groups is 1. The maximum Gasteiger partial charge on any atom is 0.228 e. The SMILES string of the molecule is C=CC(=C)C1NC(=O)C1C(C)O[Si](C)(C)C(C)(C)C. The summed E-state index contributed by atoms with van der Waals surface area (Å²) in [6.45, 7) is 20.7. The molecular weight excluding hydrogens is 254 g/mol. The first-order chi connectivity index (χ1) is 8.51. The van der Waals surface area contributed by atoms with Crippen LogP contribution in [0.1, 0.15) is 27.7 Å². The van der Waals surface area contributed by atoms with Crippen LogP contribution in [0.2, 0.25) is 18.1 Å². The van der Waals surface area contributed by atoms with Crippen LogP contribution in [0.4, 0.5) is 0 Å². The zero-order valence-corrected chi connectivity index (χ0v) is 14.0. The minimum absolute atomic E-state index is 0.0234. The van der Waals surface area contributed by atoms with Crippen molar-refractivity contribution in [2.45, 2.75) is 58.0 Å². The Morgan fingerprint density at radius 3 is 2.37 bits per heavy atom. The van der Waals surface area contributed by atoms with Gasteiger partial charge in [-0.05, 0) is 30.6 Å². The second-order valence-corrected chi connectivity index (χ2v) is 11.6. The molecule has 1 fully saturated rings. The maximum absolute atomic E-state index is 11.8. The Bertz CT molecular complexity index is 395. The van der Waals surface area contributed by atoms with E-state index in [0.29, 0.717) is 0 Å². The molecule has 4 heteroatoms. The van der Waals surface area contributed by atoms with Crippen LogP contribution >= 0.6 is 0 Å². The van der Waals surface area contributed by atoms with E-state index in [2.05, 4.69) is 52.3 Å². The van der Waals surface area contributed by atoms with E-state index in [1.165, 1.54) is 0 Å². The van der Waals surface area contributed by atoms with Crippen LogP contribution in [0.25, 0.3) is 0 Å². The molecule has 1 aliphatic rings. The quantitative estimate of drug-likeness (QED) is 0.477. The van der Waals surface area contributed by atoms with Gasteiger partial charge in [-0.25, -0.2) is 0 Å².